The van der Waals surface area contributed by atoms with E-state index >= 15 is 0 Å². The summed E-state index contributed by atoms with van der Waals surface area (Å²) < 4.78 is 20.9. The number of nitrogens with one attached hydrogen (secondary N) is 1. The van der Waals surface area contributed by atoms with Crippen LogP contribution in [0, 0.1) is 5.82 Å². The minimum absolute atomic E-state index is 0.0819. The van der Waals surface area contributed by atoms with Crippen molar-refractivity contribution in [1.29, 1.82) is 0 Å². The van der Waals surface area contributed by atoms with Gasteiger partial charge in [0.15, 0.2) is 11.4 Å². The summed E-state index contributed by atoms with van der Waals surface area (Å²) in [4.78, 5) is 44.6. The summed E-state index contributed by atoms with van der Waals surface area (Å²) in [5, 5.41) is 2.74. The molecule has 8 nitrogen and oxygen atoms in total. The molecule has 2 aliphatic rings. The Balaban J connectivity index is 1.51. The lowest BCUT2D eigenvalue weighted by Gasteiger charge is -2.48. The second kappa shape index (κ2) is 10.8. The van der Waals surface area contributed by atoms with E-state index in [1.54, 1.807) is 16.7 Å². The van der Waals surface area contributed by atoms with Crippen molar-refractivity contribution in [1.82, 2.24) is 19.7 Å². The largest absolute Gasteiger partial charge is 0.483 e. The molecule has 2 amide bonds. The maximum Gasteiger partial charge on any atom is 0.275 e. The fraction of sp³-hybridized carbons (Fsp3) is 0.345. The average molecular weight is 519 g/mol. The van der Waals surface area contributed by atoms with Crippen LogP contribution in [-0.2, 0) is 19.7 Å². The molecule has 0 aliphatic carbocycles. The predicted molar refractivity (Wildman–Crippen MR) is 140 cm³/mol. The van der Waals surface area contributed by atoms with E-state index in [0.717, 1.165) is 18.5 Å². The van der Waals surface area contributed by atoms with Gasteiger partial charge in [-0.2, -0.15) is 0 Å². The van der Waals surface area contributed by atoms with Crippen LogP contribution in [0.5, 0.6) is 5.75 Å². The monoisotopic (exact) mass is 518 g/mol. The highest BCUT2D eigenvalue weighted by molar-refractivity contribution is 5.99. The average Bonchev–Trinajstić information content (AvgIpc) is 2.92. The topological polar surface area (TPSA) is 83.9 Å². The molecule has 2 aliphatic heterocycles. The van der Waals surface area contributed by atoms with Gasteiger partial charge in [0.05, 0.1) is 6.54 Å². The molecule has 0 spiro atoms. The molecule has 0 bridgehead atoms. The zero-order valence-corrected chi connectivity index (χ0v) is 21.5. The van der Waals surface area contributed by atoms with Crippen molar-refractivity contribution >= 4 is 11.8 Å². The molecule has 38 heavy (non-hydrogen) atoms. The van der Waals surface area contributed by atoms with Crippen molar-refractivity contribution in [2.24, 2.45) is 0 Å². The molecular formula is C29H31FN4O4. The normalized spacial score (nSPS) is 17.2. The molecule has 1 aromatic heterocycles. The van der Waals surface area contributed by atoms with Crippen LogP contribution in [-0.4, -0.2) is 51.5 Å². The Morgan fingerprint density at radius 1 is 1.05 bits per heavy atom. The zero-order chi connectivity index (χ0) is 26.8. The molecular weight excluding hydrogens is 487 g/mol. The molecule has 2 aromatic carbocycles. The number of aromatic nitrogens is 1. The van der Waals surface area contributed by atoms with Gasteiger partial charge in [-0.1, -0.05) is 42.5 Å². The van der Waals surface area contributed by atoms with E-state index in [0.29, 0.717) is 18.7 Å². The van der Waals surface area contributed by atoms with Crippen LogP contribution in [0.3, 0.4) is 0 Å². The summed E-state index contributed by atoms with van der Waals surface area (Å²) in [6.07, 6.45) is 2.13. The van der Waals surface area contributed by atoms with Gasteiger partial charge in [0.2, 0.25) is 5.43 Å². The number of hydrogen-bond donors (Lipinski definition) is 1. The number of ether oxygens (including phenoxy) is 1. The molecule has 1 unspecified atom stereocenters. The quantitative estimate of drug-likeness (QED) is 0.519. The van der Waals surface area contributed by atoms with Gasteiger partial charge in [-0.3, -0.25) is 19.3 Å². The number of benzene rings is 2. The maximum absolute atomic E-state index is 13.8. The number of hydrogen-bond acceptors (Lipinski definition) is 5. The number of nitrogens with zero attached hydrogens (tertiary/aromatic N) is 3. The summed E-state index contributed by atoms with van der Waals surface area (Å²) in [5.41, 5.74) is 0.962. The first-order valence-electron chi connectivity index (χ1n) is 12.9. The lowest BCUT2D eigenvalue weighted by Crippen LogP contribution is -2.62. The molecule has 1 saturated heterocycles. The Bertz CT molecular complexity index is 1390. The number of amides is 2. The predicted octanol–water partition coefficient (Wildman–Crippen LogP) is 3.39. The van der Waals surface area contributed by atoms with Gasteiger partial charge in [0.1, 0.15) is 24.2 Å². The van der Waals surface area contributed by atoms with E-state index in [-0.39, 0.29) is 54.1 Å². The molecule has 1 fully saturated rings. The first-order chi connectivity index (χ1) is 18.3. The highest BCUT2D eigenvalue weighted by Crippen LogP contribution is 2.30. The van der Waals surface area contributed by atoms with E-state index in [9.17, 15) is 18.8 Å². The first-order valence-corrected chi connectivity index (χ1v) is 12.9. The van der Waals surface area contributed by atoms with Crippen LogP contribution < -0.4 is 15.5 Å². The Labute approximate surface area is 220 Å². The third-order valence-corrected chi connectivity index (χ3v) is 7.12. The van der Waals surface area contributed by atoms with E-state index in [2.05, 4.69) is 24.1 Å². The third-order valence-electron chi connectivity index (χ3n) is 7.12. The van der Waals surface area contributed by atoms with Crippen molar-refractivity contribution in [3.63, 3.8) is 0 Å². The van der Waals surface area contributed by atoms with E-state index in [1.165, 1.54) is 18.3 Å². The SMILES string of the molecule is CC(C)N1CCCN2C(=O)c3c(OCc4ccccc4)c(=O)c(C(=O)NCc4ccc(F)cc4)cn3CC21. The minimum atomic E-state index is -0.631. The van der Waals surface area contributed by atoms with Gasteiger partial charge in [0.25, 0.3) is 11.8 Å². The maximum atomic E-state index is 13.8. The standard InChI is InChI=1S/C29H31FN4O4/c1-19(2)33-13-6-14-34-24(33)17-32-16-23(28(36)31-15-20-9-11-22(30)12-10-20)26(35)27(25(32)29(34)37)38-18-21-7-4-3-5-8-21/h3-5,7-12,16,19,24H,6,13-15,17-18H2,1-2H3,(H,31,36). The van der Waals surface area contributed by atoms with Crippen LogP contribution in [0.15, 0.2) is 65.6 Å². The zero-order valence-electron chi connectivity index (χ0n) is 21.5. The summed E-state index contributed by atoms with van der Waals surface area (Å²) >= 11 is 0. The molecule has 5 rings (SSSR count). The highest BCUT2D eigenvalue weighted by Gasteiger charge is 2.41. The minimum Gasteiger partial charge on any atom is -0.483 e. The Hall–Kier alpha value is -3.98. The Morgan fingerprint density at radius 3 is 2.50 bits per heavy atom. The van der Waals surface area contributed by atoms with Crippen molar-refractivity contribution < 1.29 is 18.7 Å². The number of fused-ring (bicyclic) bond motifs is 2. The van der Waals surface area contributed by atoms with Crippen molar-refractivity contribution in [3.8, 4) is 5.75 Å². The van der Waals surface area contributed by atoms with Crippen LogP contribution in [0.1, 0.15) is 52.2 Å². The van der Waals surface area contributed by atoms with Gasteiger partial charge in [-0.05, 0) is 43.5 Å². The molecule has 3 heterocycles. The summed E-state index contributed by atoms with van der Waals surface area (Å²) in [6.45, 7) is 6.27. The van der Waals surface area contributed by atoms with Gasteiger partial charge in [-0.15, -0.1) is 0 Å². The lowest BCUT2D eigenvalue weighted by atomic mass is 10.1. The second-order valence-corrected chi connectivity index (χ2v) is 9.95. The van der Waals surface area contributed by atoms with E-state index in [4.69, 9.17) is 4.74 Å². The van der Waals surface area contributed by atoms with Crippen molar-refractivity contribution in [2.45, 2.75) is 52.2 Å². The summed E-state index contributed by atoms with van der Waals surface area (Å²) in [7, 11) is 0. The molecule has 198 valence electrons. The van der Waals surface area contributed by atoms with Gasteiger partial charge >= 0.3 is 0 Å². The van der Waals surface area contributed by atoms with Gasteiger partial charge in [0, 0.05) is 31.9 Å². The first kappa shape index (κ1) is 25.7. The third kappa shape index (κ3) is 5.06. The number of rotatable bonds is 7. The van der Waals surface area contributed by atoms with Crippen LogP contribution in [0.4, 0.5) is 4.39 Å². The van der Waals surface area contributed by atoms with E-state index < -0.39 is 11.3 Å². The van der Waals surface area contributed by atoms with Gasteiger partial charge < -0.3 is 19.5 Å². The number of halogens is 1. The number of carbonyl (C=O) groups is 2. The molecule has 0 saturated carbocycles. The fourth-order valence-electron chi connectivity index (χ4n) is 5.16. The van der Waals surface area contributed by atoms with E-state index in [1.807, 2.05) is 35.2 Å². The number of carbonyl (C=O) groups excluding carboxylic acids is 2. The van der Waals surface area contributed by atoms with Crippen molar-refractivity contribution in [2.75, 3.05) is 13.1 Å². The summed E-state index contributed by atoms with van der Waals surface area (Å²) in [6, 6.07) is 15.3. The van der Waals surface area contributed by atoms with Crippen molar-refractivity contribution in [3.05, 3.63) is 99.2 Å². The smallest absolute Gasteiger partial charge is 0.275 e. The number of pyridine rings is 1. The Morgan fingerprint density at radius 2 is 1.79 bits per heavy atom. The van der Waals surface area contributed by atoms with Crippen LogP contribution in [0.25, 0.3) is 0 Å². The Kier molecular flexibility index (Phi) is 7.28. The molecule has 3 aromatic rings. The molecule has 9 heteroatoms. The fourth-order valence-corrected chi connectivity index (χ4v) is 5.16. The highest BCUT2D eigenvalue weighted by atomic mass is 19.1. The molecule has 0 radical (unpaired) electrons. The van der Waals surface area contributed by atoms with Crippen LogP contribution >= 0.6 is 0 Å². The second-order valence-electron chi connectivity index (χ2n) is 9.95. The summed E-state index contributed by atoms with van der Waals surface area (Å²) in [5.74, 6) is -1.35. The molecule has 1 atom stereocenters. The van der Waals surface area contributed by atoms with Gasteiger partial charge in [-0.25, -0.2) is 4.39 Å². The molecule has 1 N–H and O–H groups in total. The lowest BCUT2D eigenvalue weighted by molar-refractivity contribution is -0.0239. The van der Waals surface area contributed by atoms with Crippen LogP contribution in [0.2, 0.25) is 0 Å².